The molecule has 1 aliphatic rings. The zero-order valence-corrected chi connectivity index (χ0v) is 11.5. The lowest BCUT2D eigenvalue weighted by atomic mass is 9.98. The molecule has 6 heteroatoms. The van der Waals surface area contributed by atoms with E-state index in [1.54, 1.807) is 31.6 Å². The first-order chi connectivity index (χ1) is 10.2. The van der Waals surface area contributed by atoms with Gasteiger partial charge < -0.3 is 5.32 Å². The van der Waals surface area contributed by atoms with Crippen molar-refractivity contribution in [2.24, 2.45) is 0 Å². The number of fused-ring (bicyclic) bond motifs is 1. The number of nitrogens with zero attached hydrogens (tertiary/aromatic N) is 3. The fourth-order valence-corrected chi connectivity index (χ4v) is 2.29. The molecule has 21 heavy (non-hydrogen) atoms. The Balaban J connectivity index is 1.85. The summed E-state index contributed by atoms with van der Waals surface area (Å²) < 4.78 is 0. The largest absolute Gasteiger partial charge is 0.372 e. The Hall–Kier alpha value is -2.76. The van der Waals surface area contributed by atoms with E-state index in [1.165, 1.54) is 4.90 Å². The van der Waals surface area contributed by atoms with Crippen LogP contribution in [-0.4, -0.2) is 33.7 Å². The highest BCUT2D eigenvalue weighted by atomic mass is 16.2. The van der Waals surface area contributed by atoms with Gasteiger partial charge in [-0.15, -0.1) is 0 Å². The molecule has 1 aromatic heterocycles. The maximum atomic E-state index is 12.4. The molecule has 0 saturated heterocycles. The molecule has 6 nitrogen and oxygen atoms in total. The second-order valence-corrected chi connectivity index (χ2v) is 4.76. The molecule has 1 aromatic carbocycles. The van der Waals surface area contributed by atoms with Crippen molar-refractivity contribution in [1.29, 1.82) is 0 Å². The SMILES string of the molecule is CNc1cnc(CN2C(=O)Cc3ccccc3C2=O)cn1. The Morgan fingerprint density at radius 3 is 2.71 bits per heavy atom. The molecule has 1 N–H and O–H groups in total. The van der Waals surface area contributed by atoms with Gasteiger partial charge in [0, 0.05) is 12.6 Å². The number of carbonyl (C=O) groups is 2. The maximum Gasteiger partial charge on any atom is 0.261 e. The highest BCUT2D eigenvalue weighted by Crippen LogP contribution is 2.20. The van der Waals surface area contributed by atoms with Crippen LogP contribution in [0.3, 0.4) is 0 Å². The lowest BCUT2D eigenvalue weighted by Crippen LogP contribution is -2.41. The van der Waals surface area contributed by atoms with Crippen LogP contribution in [0.1, 0.15) is 21.6 Å². The van der Waals surface area contributed by atoms with Gasteiger partial charge in [-0.05, 0) is 11.6 Å². The van der Waals surface area contributed by atoms with E-state index in [2.05, 4.69) is 15.3 Å². The number of aromatic nitrogens is 2. The molecule has 0 aliphatic carbocycles. The normalized spacial score (nSPS) is 14.0. The predicted molar refractivity (Wildman–Crippen MR) is 76.6 cm³/mol. The molecule has 2 amide bonds. The standard InChI is InChI=1S/C15H14N4O2/c1-16-13-8-17-11(7-18-13)9-19-14(20)6-10-4-2-3-5-12(10)15(19)21/h2-5,7-8H,6,9H2,1H3,(H,16,18). The van der Waals surface area contributed by atoms with Crippen molar-refractivity contribution >= 4 is 17.6 Å². The van der Waals surface area contributed by atoms with Gasteiger partial charge in [0.05, 0.1) is 31.1 Å². The first kappa shape index (κ1) is 13.2. The summed E-state index contributed by atoms with van der Waals surface area (Å²) in [5, 5.41) is 2.87. The van der Waals surface area contributed by atoms with Crippen LogP contribution >= 0.6 is 0 Å². The third-order valence-electron chi connectivity index (χ3n) is 3.42. The summed E-state index contributed by atoms with van der Waals surface area (Å²) in [5.74, 6) is 0.153. The number of carbonyl (C=O) groups excluding carboxylic acids is 2. The van der Waals surface area contributed by atoms with Crippen molar-refractivity contribution in [2.45, 2.75) is 13.0 Å². The molecule has 3 rings (SSSR count). The molecule has 0 fully saturated rings. The average molecular weight is 282 g/mol. The summed E-state index contributed by atoms with van der Waals surface area (Å²) >= 11 is 0. The zero-order valence-electron chi connectivity index (χ0n) is 11.5. The van der Waals surface area contributed by atoms with Gasteiger partial charge in [-0.3, -0.25) is 19.5 Å². The van der Waals surface area contributed by atoms with E-state index >= 15 is 0 Å². The van der Waals surface area contributed by atoms with Crippen LogP contribution in [0.15, 0.2) is 36.7 Å². The molecule has 2 aromatic rings. The van der Waals surface area contributed by atoms with Crippen LogP contribution in [0, 0.1) is 0 Å². The van der Waals surface area contributed by atoms with Gasteiger partial charge in [-0.1, -0.05) is 18.2 Å². The van der Waals surface area contributed by atoms with Crippen LogP contribution in [0.5, 0.6) is 0 Å². The smallest absolute Gasteiger partial charge is 0.261 e. The molecule has 106 valence electrons. The number of hydrogen-bond donors (Lipinski definition) is 1. The first-order valence-electron chi connectivity index (χ1n) is 6.60. The number of hydrogen-bond acceptors (Lipinski definition) is 5. The number of imide groups is 1. The fraction of sp³-hybridized carbons (Fsp3) is 0.200. The third kappa shape index (κ3) is 2.47. The zero-order chi connectivity index (χ0) is 14.8. The Morgan fingerprint density at radius 1 is 1.19 bits per heavy atom. The maximum absolute atomic E-state index is 12.4. The minimum atomic E-state index is -0.277. The average Bonchev–Trinajstić information content (AvgIpc) is 2.52. The number of rotatable bonds is 3. The quantitative estimate of drug-likeness (QED) is 0.857. The summed E-state index contributed by atoms with van der Waals surface area (Å²) in [6, 6.07) is 7.18. The number of benzene rings is 1. The fourth-order valence-electron chi connectivity index (χ4n) is 2.29. The van der Waals surface area contributed by atoms with E-state index in [9.17, 15) is 9.59 Å². The van der Waals surface area contributed by atoms with Crippen molar-refractivity contribution in [3.8, 4) is 0 Å². The minimum absolute atomic E-state index is 0.142. The van der Waals surface area contributed by atoms with Crippen LogP contribution in [0.4, 0.5) is 5.82 Å². The van der Waals surface area contributed by atoms with E-state index < -0.39 is 0 Å². The summed E-state index contributed by atoms with van der Waals surface area (Å²) in [6.07, 6.45) is 3.37. The highest BCUT2D eigenvalue weighted by molar-refractivity contribution is 6.09. The molecule has 1 aliphatic heterocycles. The topological polar surface area (TPSA) is 75.2 Å². The lowest BCUT2D eigenvalue weighted by molar-refractivity contribution is -0.128. The van der Waals surface area contributed by atoms with E-state index in [0.717, 1.165) is 5.56 Å². The van der Waals surface area contributed by atoms with Crippen molar-refractivity contribution < 1.29 is 9.59 Å². The molecule has 0 saturated carbocycles. The second kappa shape index (κ2) is 5.32. The van der Waals surface area contributed by atoms with Gasteiger partial charge in [0.15, 0.2) is 0 Å². The number of amides is 2. The number of anilines is 1. The lowest BCUT2D eigenvalue weighted by Gasteiger charge is -2.26. The van der Waals surface area contributed by atoms with Crippen LogP contribution in [0.2, 0.25) is 0 Å². The van der Waals surface area contributed by atoms with Gasteiger partial charge in [-0.2, -0.15) is 0 Å². The Morgan fingerprint density at radius 2 is 2.00 bits per heavy atom. The van der Waals surface area contributed by atoms with Crippen LogP contribution in [0.25, 0.3) is 0 Å². The molecular formula is C15H14N4O2. The van der Waals surface area contributed by atoms with Gasteiger partial charge in [-0.25, -0.2) is 4.98 Å². The minimum Gasteiger partial charge on any atom is -0.372 e. The van der Waals surface area contributed by atoms with E-state index in [1.807, 2.05) is 12.1 Å². The summed E-state index contributed by atoms with van der Waals surface area (Å²) in [5.41, 5.74) is 1.94. The van der Waals surface area contributed by atoms with Crippen LogP contribution < -0.4 is 5.32 Å². The van der Waals surface area contributed by atoms with Gasteiger partial charge in [0.1, 0.15) is 5.82 Å². The monoisotopic (exact) mass is 282 g/mol. The summed E-state index contributed by atoms with van der Waals surface area (Å²) in [4.78, 5) is 34.1. The Kier molecular flexibility index (Phi) is 3.35. The first-order valence-corrected chi connectivity index (χ1v) is 6.60. The third-order valence-corrected chi connectivity index (χ3v) is 3.42. The molecule has 0 spiro atoms. The van der Waals surface area contributed by atoms with Gasteiger partial charge >= 0.3 is 0 Å². The van der Waals surface area contributed by atoms with Gasteiger partial charge in [0.25, 0.3) is 5.91 Å². The molecule has 0 unspecified atom stereocenters. The van der Waals surface area contributed by atoms with Crippen molar-refractivity contribution in [3.63, 3.8) is 0 Å². The van der Waals surface area contributed by atoms with Crippen molar-refractivity contribution in [3.05, 3.63) is 53.5 Å². The molecule has 0 bridgehead atoms. The predicted octanol–water partition coefficient (Wildman–Crippen LogP) is 1.24. The molecule has 0 radical (unpaired) electrons. The Bertz CT molecular complexity index is 697. The number of nitrogens with one attached hydrogen (secondary N) is 1. The summed E-state index contributed by atoms with van der Waals surface area (Å²) in [7, 11) is 1.75. The highest BCUT2D eigenvalue weighted by Gasteiger charge is 2.30. The van der Waals surface area contributed by atoms with Gasteiger partial charge in [0.2, 0.25) is 5.91 Å². The Labute approximate surface area is 121 Å². The van der Waals surface area contributed by atoms with Crippen LogP contribution in [-0.2, 0) is 17.8 Å². The molecule has 2 heterocycles. The van der Waals surface area contributed by atoms with E-state index in [0.29, 0.717) is 17.1 Å². The van der Waals surface area contributed by atoms with Crippen molar-refractivity contribution in [1.82, 2.24) is 14.9 Å². The van der Waals surface area contributed by atoms with E-state index in [-0.39, 0.29) is 24.8 Å². The van der Waals surface area contributed by atoms with Crippen molar-refractivity contribution in [2.75, 3.05) is 12.4 Å². The molecule has 0 atom stereocenters. The molecular weight excluding hydrogens is 268 g/mol. The second-order valence-electron chi connectivity index (χ2n) is 4.76. The van der Waals surface area contributed by atoms with E-state index in [4.69, 9.17) is 0 Å². The summed E-state index contributed by atoms with van der Waals surface area (Å²) in [6.45, 7) is 0.142.